The van der Waals surface area contributed by atoms with Crippen molar-refractivity contribution in [2.24, 2.45) is 4.99 Å². The Morgan fingerprint density at radius 3 is 2.78 bits per heavy atom. The molecule has 1 aliphatic heterocycles. The first-order valence-corrected chi connectivity index (χ1v) is 7.00. The first-order valence-electron chi connectivity index (χ1n) is 7.00. The second-order valence-electron chi connectivity index (χ2n) is 5.24. The van der Waals surface area contributed by atoms with Gasteiger partial charge >= 0.3 is 5.69 Å². The molecule has 0 aromatic carbocycles. The van der Waals surface area contributed by atoms with Crippen molar-refractivity contribution >= 4 is 11.8 Å². The van der Waals surface area contributed by atoms with Gasteiger partial charge in [-0.15, -0.1) is 0 Å². The van der Waals surface area contributed by atoms with Crippen LogP contribution in [0.5, 0.6) is 5.88 Å². The molecule has 23 heavy (non-hydrogen) atoms. The van der Waals surface area contributed by atoms with Crippen LogP contribution in [0, 0.1) is 0 Å². The minimum Gasteiger partial charge on any atom is -0.494 e. The maximum atomic E-state index is 12.0. The zero-order chi connectivity index (χ0) is 16.6. The summed E-state index contributed by atoms with van der Waals surface area (Å²) in [6, 6.07) is 3.35. The van der Waals surface area contributed by atoms with Crippen molar-refractivity contribution in [3.63, 3.8) is 0 Å². The number of aromatic hydroxyl groups is 1. The number of furan rings is 1. The number of allylic oxidation sites excluding steroid dienone is 3. The summed E-state index contributed by atoms with van der Waals surface area (Å²) in [6.45, 7) is 3.67. The number of hydrogen-bond acceptors (Lipinski definition) is 5. The van der Waals surface area contributed by atoms with Gasteiger partial charge in [0.15, 0.2) is 0 Å². The van der Waals surface area contributed by atoms with E-state index >= 15 is 0 Å². The molecule has 0 atom stereocenters. The standard InChI is InChI=1S/C16H15N3O4/c1-9-6-11(10(2)17-9)7-13-14(20)18-16(22)19(15(13)21)8-12-4-3-5-23-12/h3-7,21H,8H2,1-2H3,(H,18,20,22). The Morgan fingerprint density at radius 2 is 2.17 bits per heavy atom. The highest BCUT2D eigenvalue weighted by Crippen LogP contribution is 2.21. The second kappa shape index (κ2) is 5.60. The molecule has 3 heterocycles. The molecule has 0 spiro atoms. The molecule has 0 fully saturated rings. The van der Waals surface area contributed by atoms with Crippen LogP contribution >= 0.6 is 0 Å². The highest BCUT2D eigenvalue weighted by atomic mass is 16.3. The van der Waals surface area contributed by atoms with Crippen LogP contribution < -0.4 is 11.2 Å². The van der Waals surface area contributed by atoms with Crippen molar-refractivity contribution in [1.29, 1.82) is 0 Å². The first kappa shape index (κ1) is 14.8. The Hall–Kier alpha value is -3.09. The summed E-state index contributed by atoms with van der Waals surface area (Å²) in [5.74, 6) is 0.0794. The molecule has 0 saturated carbocycles. The summed E-state index contributed by atoms with van der Waals surface area (Å²) in [6.07, 6.45) is 4.79. The molecule has 7 heteroatoms. The summed E-state index contributed by atoms with van der Waals surface area (Å²) < 4.78 is 6.22. The van der Waals surface area contributed by atoms with Gasteiger partial charge in [-0.05, 0) is 43.7 Å². The van der Waals surface area contributed by atoms with Crippen LogP contribution in [0.3, 0.4) is 0 Å². The molecule has 7 nitrogen and oxygen atoms in total. The molecular formula is C16H15N3O4. The molecule has 0 amide bonds. The number of aliphatic imine (C=N–C) groups is 1. The van der Waals surface area contributed by atoms with Gasteiger partial charge < -0.3 is 9.52 Å². The predicted octanol–water partition coefficient (Wildman–Crippen LogP) is 1.65. The van der Waals surface area contributed by atoms with E-state index in [9.17, 15) is 14.7 Å². The topological polar surface area (TPSA) is 101 Å². The van der Waals surface area contributed by atoms with E-state index in [1.165, 1.54) is 12.3 Å². The van der Waals surface area contributed by atoms with Gasteiger partial charge in [0.2, 0.25) is 5.88 Å². The minimum atomic E-state index is -0.699. The number of nitrogens with one attached hydrogen (secondary N) is 1. The zero-order valence-electron chi connectivity index (χ0n) is 12.7. The van der Waals surface area contributed by atoms with E-state index in [0.717, 1.165) is 16.0 Å². The van der Waals surface area contributed by atoms with Crippen LogP contribution in [-0.4, -0.2) is 20.4 Å². The van der Waals surface area contributed by atoms with Crippen molar-refractivity contribution in [3.05, 3.63) is 67.9 Å². The fourth-order valence-corrected chi connectivity index (χ4v) is 2.40. The van der Waals surface area contributed by atoms with Gasteiger partial charge in [0.25, 0.3) is 5.56 Å². The van der Waals surface area contributed by atoms with E-state index in [2.05, 4.69) is 9.98 Å². The Kier molecular flexibility index (Phi) is 3.61. The van der Waals surface area contributed by atoms with Crippen molar-refractivity contribution in [3.8, 4) is 5.88 Å². The minimum absolute atomic E-state index is 0.00616. The molecule has 2 aromatic heterocycles. The Bertz CT molecular complexity index is 956. The smallest absolute Gasteiger partial charge is 0.331 e. The maximum absolute atomic E-state index is 12.0. The van der Waals surface area contributed by atoms with Crippen LogP contribution in [0.4, 0.5) is 0 Å². The molecule has 1 aliphatic rings. The third-order valence-corrected chi connectivity index (χ3v) is 3.53. The van der Waals surface area contributed by atoms with Crippen LogP contribution in [0.2, 0.25) is 0 Å². The number of H-pyrrole nitrogens is 1. The lowest BCUT2D eigenvalue weighted by molar-refractivity contribution is 0.392. The van der Waals surface area contributed by atoms with Crippen LogP contribution in [0.25, 0.3) is 6.08 Å². The van der Waals surface area contributed by atoms with Crippen molar-refractivity contribution in [2.45, 2.75) is 20.4 Å². The zero-order valence-corrected chi connectivity index (χ0v) is 12.7. The summed E-state index contributed by atoms with van der Waals surface area (Å²) in [4.78, 5) is 30.4. The van der Waals surface area contributed by atoms with Gasteiger partial charge in [-0.25, -0.2) is 4.79 Å². The largest absolute Gasteiger partial charge is 0.494 e. The van der Waals surface area contributed by atoms with Gasteiger partial charge in [0, 0.05) is 11.4 Å². The van der Waals surface area contributed by atoms with Crippen LogP contribution in [0.15, 0.2) is 54.7 Å². The molecule has 0 unspecified atom stereocenters. The molecule has 0 saturated heterocycles. The number of hydrogen-bond donors (Lipinski definition) is 2. The molecule has 118 valence electrons. The SMILES string of the molecule is CC1=CC(=Cc2c(O)n(Cc3ccco3)c(=O)[nH]c2=O)C(C)=N1. The van der Waals surface area contributed by atoms with Gasteiger partial charge in [-0.3, -0.25) is 19.3 Å². The van der Waals surface area contributed by atoms with Gasteiger partial charge in [-0.2, -0.15) is 0 Å². The van der Waals surface area contributed by atoms with Gasteiger partial charge in [0.1, 0.15) is 11.3 Å². The lowest BCUT2D eigenvalue weighted by Gasteiger charge is -2.08. The van der Waals surface area contributed by atoms with Crippen LogP contribution in [-0.2, 0) is 6.54 Å². The fraction of sp³-hybridized carbons (Fsp3) is 0.188. The normalized spacial score (nSPS) is 15.8. The van der Waals surface area contributed by atoms with E-state index < -0.39 is 17.1 Å². The van der Waals surface area contributed by atoms with E-state index in [-0.39, 0.29) is 12.1 Å². The molecule has 3 rings (SSSR count). The van der Waals surface area contributed by atoms with E-state index in [1.54, 1.807) is 18.2 Å². The highest BCUT2D eigenvalue weighted by Gasteiger charge is 2.16. The summed E-state index contributed by atoms with van der Waals surface area (Å²) in [7, 11) is 0. The number of aromatic nitrogens is 2. The van der Waals surface area contributed by atoms with E-state index in [4.69, 9.17) is 4.42 Å². The quantitative estimate of drug-likeness (QED) is 0.899. The molecule has 0 bridgehead atoms. The monoisotopic (exact) mass is 313 g/mol. The van der Waals surface area contributed by atoms with E-state index in [0.29, 0.717) is 11.3 Å². The molecule has 2 N–H and O–H groups in total. The first-order chi connectivity index (χ1) is 11.0. The number of rotatable bonds is 3. The summed E-state index contributed by atoms with van der Waals surface area (Å²) >= 11 is 0. The molecule has 0 aliphatic carbocycles. The van der Waals surface area contributed by atoms with Crippen molar-refractivity contribution in [1.82, 2.24) is 9.55 Å². The Balaban J connectivity index is 2.12. The molecular weight excluding hydrogens is 298 g/mol. The second-order valence-corrected chi connectivity index (χ2v) is 5.24. The third-order valence-electron chi connectivity index (χ3n) is 3.53. The average Bonchev–Trinajstić information content (AvgIpc) is 3.09. The fourth-order valence-electron chi connectivity index (χ4n) is 2.40. The van der Waals surface area contributed by atoms with Gasteiger partial charge in [-0.1, -0.05) is 0 Å². The molecule has 0 radical (unpaired) electrons. The Morgan fingerprint density at radius 1 is 1.39 bits per heavy atom. The Labute approximate surface area is 130 Å². The average molecular weight is 313 g/mol. The lowest BCUT2D eigenvalue weighted by atomic mass is 10.1. The van der Waals surface area contributed by atoms with Crippen LogP contribution in [0.1, 0.15) is 25.2 Å². The number of aromatic amines is 1. The molecule has 2 aromatic rings. The summed E-state index contributed by atoms with van der Waals surface area (Å²) in [5, 5.41) is 10.4. The summed E-state index contributed by atoms with van der Waals surface area (Å²) in [5.41, 5.74) is 0.924. The van der Waals surface area contributed by atoms with E-state index in [1.807, 2.05) is 13.8 Å². The van der Waals surface area contributed by atoms with Gasteiger partial charge in [0.05, 0.1) is 12.8 Å². The van der Waals surface area contributed by atoms with Crippen molar-refractivity contribution in [2.75, 3.05) is 0 Å². The highest BCUT2D eigenvalue weighted by molar-refractivity contribution is 6.07. The van der Waals surface area contributed by atoms with Crippen molar-refractivity contribution < 1.29 is 9.52 Å². The predicted molar refractivity (Wildman–Crippen MR) is 85.6 cm³/mol. The lowest BCUT2D eigenvalue weighted by Crippen LogP contribution is -2.31. The maximum Gasteiger partial charge on any atom is 0.331 e. The third kappa shape index (κ3) is 2.80. The number of nitrogens with zero attached hydrogens (tertiary/aromatic N) is 2.